The first-order valence-electron chi connectivity index (χ1n) is 4.77. The molecule has 0 aliphatic carbocycles. The number of hydrogen-bond acceptors (Lipinski definition) is 5. The average molecular weight is 279 g/mol. The summed E-state index contributed by atoms with van der Waals surface area (Å²) in [7, 11) is -1.59. The number of ether oxygens (including phenoxy) is 1. The second-order valence-corrected chi connectivity index (χ2v) is 6.90. The number of sulfone groups is 1. The number of rotatable bonds is 5. The van der Waals surface area contributed by atoms with Crippen molar-refractivity contribution in [2.45, 2.75) is 4.90 Å². The number of anilines is 1. The predicted octanol–water partition coefficient (Wildman–Crippen LogP) is 1.55. The highest BCUT2D eigenvalue weighted by Gasteiger charge is 2.10. The maximum Gasteiger partial charge on any atom is 0.148 e. The fourth-order valence-electron chi connectivity index (χ4n) is 1.14. The molecule has 0 aliphatic heterocycles. The lowest BCUT2D eigenvalue weighted by atomic mass is 10.3. The van der Waals surface area contributed by atoms with Gasteiger partial charge in [0.2, 0.25) is 0 Å². The topological polar surface area (TPSA) is 69.4 Å². The molecule has 0 amide bonds. The molecule has 1 aromatic rings. The number of hydrogen-bond donors (Lipinski definition) is 1. The number of nitrogen functional groups attached to an aromatic ring is 1. The Morgan fingerprint density at radius 2 is 2.12 bits per heavy atom. The van der Waals surface area contributed by atoms with Crippen LogP contribution in [0.1, 0.15) is 0 Å². The minimum Gasteiger partial charge on any atom is -0.495 e. The minimum absolute atomic E-state index is 0.00377. The fraction of sp³-hybridized carbons (Fsp3) is 0.400. The van der Waals surface area contributed by atoms with E-state index in [9.17, 15) is 12.8 Å². The maximum atomic E-state index is 13.5. The summed E-state index contributed by atoms with van der Waals surface area (Å²) >= 11 is 1.12. The van der Waals surface area contributed by atoms with E-state index < -0.39 is 15.7 Å². The van der Waals surface area contributed by atoms with Crippen LogP contribution in [0.15, 0.2) is 17.0 Å². The van der Waals surface area contributed by atoms with Gasteiger partial charge in [0.05, 0.1) is 18.6 Å². The van der Waals surface area contributed by atoms with E-state index in [1.165, 1.54) is 19.2 Å². The number of thioether (sulfide) groups is 1. The van der Waals surface area contributed by atoms with Crippen molar-refractivity contribution in [3.05, 3.63) is 17.9 Å². The lowest BCUT2D eigenvalue weighted by Gasteiger charge is -2.08. The molecule has 1 rings (SSSR count). The summed E-state index contributed by atoms with van der Waals surface area (Å²) in [5.74, 6) is 0.210. The van der Waals surface area contributed by atoms with E-state index in [1.54, 1.807) is 0 Å². The van der Waals surface area contributed by atoms with Crippen LogP contribution in [0.5, 0.6) is 5.75 Å². The molecule has 4 nitrogen and oxygen atoms in total. The summed E-state index contributed by atoms with van der Waals surface area (Å²) in [6.07, 6.45) is 1.15. The van der Waals surface area contributed by atoms with Crippen LogP contribution < -0.4 is 10.5 Å². The monoisotopic (exact) mass is 279 g/mol. The zero-order valence-electron chi connectivity index (χ0n) is 9.57. The lowest BCUT2D eigenvalue weighted by Crippen LogP contribution is -2.05. The molecular formula is C10H14FNO3S2. The van der Waals surface area contributed by atoms with Gasteiger partial charge >= 0.3 is 0 Å². The largest absolute Gasteiger partial charge is 0.495 e. The molecule has 2 N–H and O–H groups in total. The highest BCUT2D eigenvalue weighted by molar-refractivity contribution is 8.00. The van der Waals surface area contributed by atoms with Gasteiger partial charge in [0.15, 0.2) is 0 Å². The molecule has 7 heteroatoms. The summed E-state index contributed by atoms with van der Waals surface area (Å²) in [6.45, 7) is 0. The van der Waals surface area contributed by atoms with Crippen LogP contribution in [-0.2, 0) is 9.84 Å². The SMILES string of the molecule is COc1cc(SCCS(C)(=O)=O)c(F)cc1N. The van der Waals surface area contributed by atoms with Crippen LogP contribution in [0.25, 0.3) is 0 Å². The van der Waals surface area contributed by atoms with E-state index >= 15 is 0 Å². The quantitative estimate of drug-likeness (QED) is 0.654. The van der Waals surface area contributed by atoms with E-state index in [2.05, 4.69) is 0 Å². The molecule has 0 spiro atoms. The molecule has 0 bridgehead atoms. The molecule has 96 valence electrons. The van der Waals surface area contributed by atoms with E-state index in [4.69, 9.17) is 10.5 Å². The predicted molar refractivity (Wildman–Crippen MR) is 67.8 cm³/mol. The van der Waals surface area contributed by atoms with Crippen LogP contribution in [0.2, 0.25) is 0 Å². The van der Waals surface area contributed by atoms with Gasteiger partial charge in [0.1, 0.15) is 21.4 Å². The minimum atomic E-state index is -3.03. The average Bonchev–Trinajstić information content (AvgIpc) is 2.19. The molecule has 0 heterocycles. The molecular weight excluding hydrogens is 265 g/mol. The standard InChI is InChI=1S/C10H14FNO3S2/c1-15-9-6-10(7(11)5-8(9)12)16-3-4-17(2,13)14/h5-6H,3-4,12H2,1-2H3. The number of benzene rings is 1. The van der Waals surface area contributed by atoms with Crippen molar-refractivity contribution in [3.8, 4) is 5.75 Å². The van der Waals surface area contributed by atoms with Crippen molar-refractivity contribution < 1.29 is 17.5 Å². The zero-order valence-corrected chi connectivity index (χ0v) is 11.2. The van der Waals surface area contributed by atoms with E-state index in [0.717, 1.165) is 18.0 Å². The third kappa shape index (κ3) is 4.43. The molecule has 0 aliphatic rings. The Morgan fingerprint density at radius 3 is 2.65 bits per heavy atom. The van der Waals surface area contributed by atoms with Gasteiger partial charge in [0.25, 0.3) is 0 Å². The number of halogens is 1. The van der Waals surface area contributed by atoms with Crippen LogP contribution in [0.3, 0.4) is 0 Å². The van der Waals surface area contributed by atoms with Crippen LogP contribution in [0.4, 0.5) is 10.1 Å². The van der Waals surface area contributed by atoms with Crippen molar-refractivity contribution >= 4 is 27.3 Å². The van der Waals surface area contributed by atoms with Crippen molar-refractivity contribution in [2.24, 2.45) is 0 Å². The Labute approximate surface area is 104 Å². The van der Waals surface area contributed by atoms with E-state index in [1.807, 2.05) is 0 Å². The van der Waals surface area contributed by atoms with Gasteiger partial charge < -0.3 is 10.5 Å². The van der Waals surface area contributed by atoms with Gasteiger partial charge in [-0.05, 0) is 6.07 Å². The zero-order chi connectivity index (χ0) is 13.1. The van der Waals surface area contributed by atoms with Gasteiger partial charge in [-0.25, -0.2) is 12.8 Å². The summed E-state index contributed by atoms with van der Waals surface area (Å²) in [4.78, 5) is 0.333. The van der Waals surface area contributed by atoms with E-state index in [-0.39, 0.29) is 11.4 Å². The van der Waals surface area contributed by atoms with Gasteiger partial charge in [-0.2, -0.15) is 0 Å². The van der Waals surface area contributed by atoms with E-state index in [0.29, 0.717) is 16.4 Å². The molecule has 17 heavy (non-hydrogen) atoms. The number of nitrogens with two attached hydrogens (primary N) is 1. The summed E-state index contributed by atoms with van der Waals surface area (Å²) in [5.41, 5.74) is 5.75. The van der Waals surface area contributed by atoms with Crippen LogP contribution >= 0.6 is 11.8 Å². The Balaban J connectivity index is 2.77. The highest BCUT2D eigenvalue weighted by atomic mass is 32.2. The molecule has 0 radical (unpaired) electrons. The molecule has 0 unspecified atom stereocenters. The number of methoxy groups -OCH3 is 1. The van der Waals surface area contributed by atoms with Gasteiger partial charge in [-0.15, -0.1) is 11.8 Å². The maximum absolute atomic E-state index is 13.5. The van der Waals surface area contributed by atoms with Crippen molar-refractivity contribution in [1.82, 2.24) is 0 Å². The van der Waals surface area contributed by atoms with Crippen LogP contribution in [-0.4, -0.2) is 33.3 Å². The lowest BCUT2D eigenvalue weighted by molar-refractivity contribution is 0.414. The normalized spacial score (nSPS) is 11.5. The second-order valence-electron chi connectivity index (χ2n) is 3.50. The van der Waals surface area contributed by atoms with Gasteiger partial charge in [-0.3, -0.25) is 0 Å². The molecule has 1 aromatic carbocycles. The summed E-state index contributed by atoms with van der Waals surface area (Å²) < 4.78 is 40.3. The molecule has 0 saturated heterocycles. The van der Waals surface area contributed by atoms with Gasteiger partial charge in [-0.1, -0.05) is 0 Å². The van der Waals surface area contributed by atoms with Crippen molar-refractivity contribution in [2.75, 3.05) is 30.6 Å². The molecule has 0 aromatic heterocycles. The first-order valence-corrected chi connectivity index (χ1v) is 7.81. The Hall–Kier alpha value is -0.950. The molecule has 0 atom stereocenters. The third-order valence-corrected chi connectivity index (χ3v) is 4.23. The Kier molecular flexibility index (Phi) is 4.64. The Morgan fingerprint density at radius 1 is 1.47 bits per heavy atom. The van der Waals surface area contributed by atoms with Gasteiger partial charge in [0, 0.05) is 23.0 Å². The summed E-state index contributed by atoms with van der Waals surface area (Å²) in [5, 5.41) is 0. The smallest absolute Gasteiger partial charge is 0.148 e. The first kappa shape index (κ1) is 14.1. The molecule has 0 fully saturated rings. The highest BCUT2D eigenvalue weighted by Crippen LogP contribution is 2.31. The van der Waals surface area contributed by atoms with Crippen LogP contribution in [0, 0.1) is 5.82 Å². The molecule has 0 saturated carbocycles. The fourth-order valence-corrected chi connectivity index (χ4v) is 3.29. The van der Waals surface area contributed by atoms with Crippen molar-refractivity contribution in [1.29, 1.82) is 0 Å². The summed E-state index contributed by atoms with van der Waals surface area (Å²) in [6, 6.07) is 2.64. The first-order chi connectivity index (χ1) is 7.83. The Bertz CT molecular complexity index is 503. The third-order valence-electron chi connectivity index (χ3n) is 2.00. The second kappa shape index (κ2) is 5.59. The van der Waals surface area contributed by atoms with Crippen molar-refractivity contribution in [3.63, 3.8) is 0 Å².